The van der Waals surface area contributed by atoms with E-state index in [0.717, 1.165) is 33.9 Å². The summed E-state index contributed by atoms with van der Waals surface area (Å²) in [6.45, 7) is 8.11. The molecule has 0 saturated carbocycles. The van der Waals surface area contributed by atoms with Crippen LogP contribution in [0.15, 0.2) is 58.8 Å². The smallest absolute Gasteiger partial charge is 0.322 e. The molecule has 0 aliphatic carbocycles. The summed E-state index contributed by atoms with van der Waals surface area (Å²) in [7, 11) is 1.62. The van der Waals surface area contributed by atoms with Gasteiger partial charge in [-0.1, -0.05) is 17.3 Å². The van der Waals surface area contributed by atoms with Crippen LogP contribution in [-0.4, -0.2) is 54.5 Å². The summed E-state index contributed by atoms with van der Waals surface area (Å²) >= 11 is 0. The maximum atomic E-state index is 13.1. The molecule has 0 spiro atoms. The number of aromatic nitrogens is 2. The first-order chi connectivity index (χ1) is 17.5. The van der Waals surface area contributed by atoms with Crippen LogP contribution in [0.25, 0.3) is 17.0 Å². The van der Waals surface area contributed by atoms with Crippen molar-refractivity contribution in [3.63, 3.8) is 0 Å². The van der Waals surface area contributed by atoms with Gasteiger partial charge in [0.25, 0.3) is 5.89 Å². The quantitative estimate of drug-likeness (QED) is 0.373. The summed E-state index contributed by atoms with van der Waals surface area (Å²) in [6, 6.07) is 14.5. The Labute approximate surface area is 211 Å². The SMILES string of the molecule is CCOCCCN1C(=O)NC(c2ccc(OCC)cc2)C(c2nc(-c3ccc(OC)cc3)no2)=C1C. The number of allylic oxidation sites excluding steroid dienone is 1. The number of amides is 2. The minimum Gasteiger partial charge on any atom is -0.497 e. The highest BCUT2D eigenvalue weighted by molar-refractivity contribution is 5.86. The molecule has 0 bridgehead atoms. The molecular weight excluding hydrogens is 460 g/mol. The fourth-order valence-electron chi connectivity index (χ4n) is 4.16. The minimum atomic E-state index is -0.458. The Hall–Kier alpha value is -3.85. The number of carbonyl (C=O) groups excluding carboxylic acids is 1. The summed E-state index contributed by atoms with van der Waals surface area (Å²) in [5.41, 5.74) is 3.20. The Morgan fingerprint density at radius 1 is 1.03 bits per heavy atom. The number of hydrogen-bond acceptors (Lipinski definition) is 7. The predicted octanol–water partition coefficient (Wildman–Crippen LogP) is 5.07. The van der Waals surface area contributed by atoms with Gasteiger partial charge in [-0.25, -0.2) is 4.79 Å². The Morgan fingerprint density at radius 3 is 2.42 bits per heavy atom. The normalized spacial score (nSPS) is 15.7. The van der Waals surface area contributed by atoms with Crippen molar-refractivity contribution in [1.82, 2.24) is 20.4 Å². The average Bonchev–Trinajstić information content (AvgIpc) is 3.38. The van der Waals surface area contributed by atoms with Crippen molar-refractivity contribution in [2.45, 2.75) is 33.2 Å². The number of methoxy groups -OCH3 is 1. The highest BCUT2D eigenvalue weighted by Gasteiger charge is 2.35. The predicted molar refractivity (Wildman–Crippen MR) is 136 cm³/mol. The zero-order valence-corrected chi connectivity index (χ0v) is 21.1. The molecule has 1 N–H and O–H groups in total. The number of nitrogens with one attached hydrogen (secondary N) is 1. The molecule has 0 fully saturated rings. The van der Waals surface area contributed by atoms with Crippen LogP contribution in [0.4, 0.5) is 4.79 Å². The van der Waals surface area contributed by atoms with Crippen LogP contribution in [0.2, 0.25) is 0 Å². The third kappa shape index (κ3) is 5.52. The van der Waals surface area contributed by atoms with Crippen LogP contribution in [0.1, 0.15) is 44.7 Å². The molecular formula is C27H32N4O5. The minimum absolute atomic E-state index is 0.179. The van der Waals surface area contributed by atoms with E-state index in [0.29, 0.717) is 44.5 Å². The average molecular weight is 493 g/mol. The molecule has 2 aromatic carbocycles. The lowest BCUT2D eigenvalue weighted by Crippen LogP contribution is -2.46. The topological polar surface area (TPSA) is 99.0 Å². The van der Waals surface area contributed by atoms with E-state index < -0.39 is 6.04 Å². The first-order valence-corrected chi connectivity index (χ1v) is 12.1. The van der Waals surface area contributed by atoms with Crippen molar-refractivity contribution >= 4 is 11.6 Å². The first-order valence-electron chi connectivity index (χ1n) is 12.1. The summed E-state index contributed by atoms with van der Waals surface area (Å²) in [5.74, 6) is 2.32. The maximum absolute atomic E-state index is 13.1. The van der Waals surface area contributed by atoms with Gasteiger partial charge >= 0.3 is 6.03 Å². The summed E-state index contributed by atoms with van der Waals surface area (Å²) in [6.07, 6.45) is 0.709. The molecule has 1 unspecified atom stereocenters. The molecule has 1 aliphatic heterocycles. The third-order valence-electron chi connectivity index (χ3n) is 6.00. The van der Waals surface area contributed by atoms with Gasteiger partial charge in [0.2, 0.25) is 5.82 Å². The standard InChI is InChI=1S/C27H32N4O5/c1-5-34-17-7-16-31-18(3)23(24(28-27(31)32)19-8-14-22(15-9-19)35-6-2)26-29-25(30-36-26)20-10-12-21(33-4)13-11-20/h8-15,24H,5-7,16-17H2,1-4H3,(H,28,32). The van der Waals surface area contributed by atoms with Crippen molar-refractivity contribution in [2.75, 3.05) is 33.5 Å². The Morgan fingerprint density at radius 2 is 1.75 bits per heavy atom. The second-order valence-corrected chi connectivity index (χ2v) is 8.24. The zero-order valence-electron chi connectivity index (χ0n) is 21.1. The molecule has 4 rings (SSSR count). The maximum Gasteiger partial charge on any atom is 0.322 e. The van der Waals surface area contributed by atoms with E-state index in [9.17, 15) is 4.79 Å². The van der Waals surface area contributed by atoms with Crippen molar-refractivity contribution in [3.05, 3.63) is 65.7 Å². The lowest BCUT2D eigenvalue weighted by molar-refractivity contribution is 0.136. The second kappa shape index (κ2) is 11.7. The lowest BCUT2D eigenvalue weighted by Gasteiger charge is -2.35. The fraction of sp³-hybridized carbons (Fsp3) is 0.370. The number of ether oxygens (including phenoxy) is 3. The summed E-state index contributed by atoms with van der Waals surface area (Å²) in [5, 5.41) is 7.34. The summed E-state index contributed by atoms with van der Waals surface area (Å²) < 4.78 is 22.0. The van der Waals surface area contributed by atoms with Gasteiger partial charge in [-0.2, -0.15) is 4.98 Å². The first kappa shape index (κ1) is 25.2. The van der Waals surface area contributed by atoms with Gasteiger partial charge in [-0.15, -0.1) is 0 Å². The van der Waals surface area contributed by atoms with E-state index in [4.69, 9.17) is 23.7 Å². The van der Waals surface area contributed by atoms with E-state index in [-0.39, 0.29) is 6.03 Å². The molecule has 0 saturated heterocycles. The highest BCUT2D eigenvalue weighted by Crippen LogP contribution is 2.38. The van der Waals surface area contributed by atoms with Gasteiger partial charge < -0.3 is 24.1 Å². The number of urea groups is 1. The molecule has 1 aromatic heterocycles. The number of benzene rings is 2. The van der Waals surface area contributed by atoms with Crippen molar-refractivity contribution in [2.24, 2.45) is 0 Å². The molecule has 190 valence electrons. The van der Waals surface area contributed by atoms with Gasteiger partial charge in [0, 0.05) is 31.0 Å². The van der Waals surface area contributed by atoms with E-state index in [1.54, 1.807) is 12.0 Å². The fourth-order valence-corrected chi connectivity index (χ4v) is 4.16. The molecule has 2 amide bonds. The van der Waals surface area contributed by atoms with Gasteiger partial charge in [-0.3, -0.25) is 4.90 Å². The van der Waals surface area contributed by atoms with Crippen LogP contribution in [0.5, 0.6) is 11.5 Å². The molecule has 0 radical (unpaired) electrons. The third-order valence-corrected chi connectivity index (χ3v) is 6.00. The van der Waals surface area contributed by atoms with Gasteiger partial charge in [0.05, 0.1) is 25.3 Å². The summed E-state index contributed by atoms with van der Waals surface area (Å²) in [4.78, 5) is 19.5. The van der Waals surface area contributed by atoms with E-state index in [2.05, 4.69) is 10.5 Å². The Balaban J connectivity index is 1.70. The molecule has 36 heavy (non-hydrogen) atoms. The number of nitrogens with zero attached hydrogens (tertiary/aromatic N) is 3. The number of carbonyl (C=O) groups is 1. The van der Waals surface area contributed by atoms with Crippen LogP contribution < -0.4 is 14.8 Å². The van der Waals surface area contributed by atoms with E-state index >= 15 is 0 Å². The largest absolute Gasteiger partial charge is 0.497 e. The van der Waals surface area contributed by atoms with Crippen molar-refractivity contribution < 1.29 is 23.5 Å². The van der Waals surface area contributed by atoms with Gasteiger partial charge in [-0.05, 0) is 69.2 Å². The number of rotatable bonds is 11. The van der Waals surface area contributed by atoms with Crippen LogP contribution in [0.3, 0.4) is 0 Å². The molecule has 1 atom stereocenters. The lowest BCUT2D eigenvalue weighted by atomic mass is 9.94. The Kier molecular flexibility index (Phi) is 8.22. The zero-order chi connectivity index (χ0) is 25.5. The van der Waals surface area contributed by atoms with Gasteiger partial charge in [0.1, 0.15) is 11.5 Å². The number of hydrogen-bond donors (Lipinski definition) is 1. The van der Waals surface area contributed by atoms with Gasteiger partial charge in [0.15, 0.2) is 0 Å². The van der Waals surface area contributed by atoms with Crippen LogP contribution >= 0.6 is 0 Å². The molecule has 9 heteroatoms. The molecule has 9 nitrogen and oxygen atoms in total. The molecule has 3 aromatic rings. The highest BCUT2D eigenvalue weighted by atomic mass is 16.5. The van der Waals surface area contributed by atoms with Crippen LogP contribution in [0, 0.1) is 0 Å². The van der Waals surface area contributed by atoms with Crippen LogP contribution in [-0.2, 0) is 4.74 Å². The molecule has 1 aliphatic rings. The second-order valence-electron chi connectivity index (χ2n) is 8.24. The van der Waals surface area contributed by atoms with Crippen molar-refractivity contribution in [3.8, 4) is 22.9 Å². The van der Waals surface area contributed by atoms with E-state index in [1.807, 2.05) is 69.3 Å². The van der Waals surface area contributed by atoms with Crippen molar-refractivity contribution in [1.29, 1.82) is 0 Å². The monoisotopic (exact) mass is 492 g/mol. The van der Waals surface area contributed by atoms with E-state index in [1.165, 1.54) is 0 Å². The molecule has 2 heterocycles. The Bertz CT molecular complexity index is 1190.